The molecule has 78 heavy (non-hydrogen) atoms. The van der Waals surface area contributed by atoms with Crippen molar-refractivity contribution in [3.05, 3.63) is 215 Å². The minimum atomic E-state index is 0.322. The number of aromatic nitrogens is 2. The first kappa shape index (κ1) is 43.9. The molecule has 6 nitrogen and oxygen atoms in total. The van der Waals surface area contributed by atoms with E-state index in [2.05, 4.69) is 240 Å². The van der Waals surface area contributed by atoms with Crippen molar-refractivity contribution >= 4 is 144 Å². The molecular weight excluding hydrogens is 953 g/mol. The Labute approximate surface area is 449 Å². The molecule has 0 radical (unpaired) electrons. The molecule has 2 aliphatic carbocycles. The van der Waals surface area contributed by atoms with Gasteiger partial charge < -0.3 is 27.4 Å². The first-order valence-corrected chi connectivity index (χ1v) is 27.9. The molecule has 15 aromatic rings. The number of anilines is 5. The maximum absolute atomic E-state index is 7.12. The third kappa shape index (κ3) is 5.81. The maximum Gasteiger partial charge on any atom is 0.159 e. The lowest BCUT2D eigenvalue weighted by Crippen LogP contribution is -2.28. The van der Waals surface area contributed by atoms with Crippen LogP contribution >= 0.6 is 0 Å². The molecule has 6 heteroatoms. The summed E-state index contributed by atoms with van der Waals surface area (Å²) in [5.41, 5.74) is 19.4. The van der Waals surface area contributed by atoms with Gasteiger partial charge in [-0.2, -0.15) is 0 Å². The second-order valence-electron chi connectivity index (χ2n) is 22.5. The molecule has 0 saturated carbocycles. The van der Waals surface area contributed by atoms with Crippen molar-refractivity contribution in [2.75, 3.05) is 9.80 Å². The molecule has 374 valence electrons. The Balaban J connectivity index is 0.921. The van der Waals surface area contributed by atoms with Crippen LogP contribution in [0.5, 0.6) is 0 Å². The summed E-state index contributed by atoms with van der Waals surface area (Å²) in [7, 11) is 0. The highest BCUT2D eigenvalue weighted by Crippen LogP contribution is 2.52. The molecule has 17 rings (SSSR count). The van der Waals surface area contributed by atoms with Crippen LogP contribution in [0.4, 0.5) is 28.4 Å². The Morgan fingerprint density at radius 1 is 0.410 bits per heavy atom. The van der Waals surface area contributed by atoms with Crippen LogP contribution in [0.1, 0.15) is 81.2 Å². The Morgan fingerprint density at radius 2 is 0.987 bits per heavy atom. The lowest BCUT2D eigenvalue weighted by Gasteiger charge is -2.30. The van der Waals surface area contributed by atoms with E-state index in [0.717, 1.165) is 87.4 Å². The first-order valence-electron chi connectivity index (χ1n) is 27.9. The maximum atomic E-state index is 7.12. The standard InChI is InChI=1S/C72H54N4O2/c1-41(2)45-25-15-27-49-51-29-17-33-61(71(51)77-69(45)49)73(43-19-7-5-8-20-43)59-37-35-47-55-39-64-56(40-63(55)75-57-31-13-11-23-53(57)65(59)67(47)75)48-36-38-60(66-54-24-12-14-32-58(54)76(64)68(48)66)74(44-21-9-6-10-22-44)62-34-18-30-52-50-28-16-26-46(42(3)4)70(50)78-72(52)62/h5-11,13,15-17,19-29,31-42H,12,14,18,30H2,1-4H3. The number of nitrogens with zero attached hydrogens (tertiary/aromatic N) is 4. The van der Waals surface area contributed by atoms with Crippen LogP contribution < -0.4 is 20.4 Å². The third-order valence-electron chi connectivity index (χ3n) is 17.6. The first-order chi connectivity index (χ1) is 38.4. The summed E-state index contributed by atoms with van der Waals surface area (Å²) < 4.78 is 19.3. The average molecular weight is 1010 g/mol. The van der Waals surface area contributed by atoms with Crippen LogP contribution in [0.15, 0.2) is 191 Å². The summed E-state index contributed by atoms with van der Waals surface area (Å²) in [6.07, 6.45) is 11.3. The van der Waals surface area contributed by atoms with Crippen molar-refractivity contribution in [2.45, 2.75) is 65.2 Å². The predicted molar refractivity (Wildman–Crippen MR) is 327 cm³/mol. The molecule has 0 saturated heterocycles. The normalized spacial score (nSPS) is 13.9. The summed E-state index contributed by atoms with van der Waals surface area (Å²) in [6.45, 7) is 9.02. The number of aryl methyl sites for hydroxylation is 1. The number of hydrogen-bond donors (Lipinski definition) is 0. The van der Waals surface area contributed by atoms with Crippen LogP contribution in [-0.4, -0.2) is 8.80 Å². The Hall–Kier alpha value is -9.26. The number of allylic oxidation sites excluding steroid dienone is 1. The minimum absolute atomic E-state index is 0.322. The fourth-order valence-corrected chi connectivity index (χ4v) is 14.2. The fraction of sp³-hybridized carbons (Fsp3) is 0.139. The van der Waals surface area contributed by atoms with E-state index < -0.39 is 0 Å². The van der Waals surface area contributed by atoms with Gasteiger partial charge in [0.05, 0.1) is 50.3 Å². The zero-order valence-electron chi connectivity index (χ0n) is 44.1. The number of furan rings is 2. The monoisotopic (exact) mass is 1010 g/mol. The van der Waals surface area contributed by atoms with E-state index in [1.165, 1.54) is 104 Å². The summed E-state index contributed by atoms with van der Waals surface area (Å²) in [5.74, 6) is 1.65. The summed E-state index contributed by atoms with van der Waals surface area (Å²) in [5, 5.41) is 14.8. The van der Waals surface area contributed by atoms with Crippen molar-refractivity contribution in [2.24, 2.45) is 0 Å². The molecule has 0 N–H and O–H groups in total. The van der Waals surface area contributed by atoms with Crippen molar-refractivity contribution < 1.29 is 8.83 Å². The Morgan fingerprint density at radius 3 is 1.71 bits per heavy atom. The fourth-order valence-electron chi connectivity index (χ4n) is 14.2. The van der Waals surface area contributed by atoms with E-state index in [0.29, 0.717) is 11.8 Å². The molecule has 0 atom stereocenters. The van der Waals surface area contributed by atoms with E-state index in [1.807, 2.05) is 0 Å². The van der Waals surface area contributed by atoms with E-state index in [9.17, 15) is 0 Å². The van der Waals surface area contributed by atoms with Crippen molar-refractivity contribution in [3.63, 3.8) is 0 Å². The minimum Gasteiger partial charge on any atom is -0.454 e. The molecule has 0 aliphatic heterocycles. The second-order valence-corrected chi connectivity index (χ2v) is 22.5. The number of hydrogen-bond acceptors (Lipinski definition) is 4. The number of para-hydroxylation sites is 6. The van der Waals surface area contributed by atoms with Crippen molar-refractivity contribution in [3.8, 4) is 0 Å². The zero-order chi connectivity index (χ0) is 51.7. The second kappa shape index (κ2) is 16.1. The lowest BCUT2D eigenvalue weighted by atomic mass is 9.94. The van der Waals surface area contributed by atoms with Crippen LogP contribution in [-0.2, 0) is 6.42 Å². The molecule has 0 amide bonds. The van der Waals surface area contributed by atoms with Gasteiger partial charge in [0.15, 0.2) is 11.3 Å². The molecule has 0 unspecified atom stereocenters. The van der Waals surface area contributed by atoms with Gasteiger partial charge in [-0.1, -0.05) is 161 Å². The average Bonchev–Trinajstić information content (AvgIpc) is 3.77. The molecular formula is C72H54N4O2. The van der Waals surface area contributed by atoms with Crippen LogP contribution in [0.2, 0.25) is 0 Å². The molecule has 0 bridgehead atoms. The summed E-state index contributed by atoms with van der Waals surface area (Å²) >= 11 is 0. The SMILES string of the molecule is CC(C)c1cccc2c3c(oc12)C(N(c1ccccc1)c1ccc2c4cc5c(cc4n4c6c(c1c24)=CCCC=6)c1ccc(N(c2ccccc2)c2cccc4c2oc2c(C(C)C)cccc24)c2c4ccccc4n5c12)=CCC3. The topological polar surface area (TPSA) is 41.6 Å². The molecule has 6 heterocycles. The Bertz CT molecular complexity index is 5160. The highest BCUT2D eigenvalue weighted by molar-refractivity contribution is 6.30. The molecule has 2 aliphatic rings. The molecule has 0 fully saturated rings. The van der Waals surface area contributed by atoms with Gasteiger partial charge in [-0.25, -0.2) is 0 Å². The van der Waals surface area contributed by atoms with Gasteiger partial charge in [0.1, 0.15) is 11.2 Å². The number of fused-ring (bicyclic) bond motifs is 18. The number of benzene rings is 9. The van der Waals surface area contributed by atoms with Crippen molar-refractivity contribution in [1.29, 1.82) is 0 Å². The van der Waals surface area contributed by atoms with Gasteiger partial charge in [-0.3, -0.25) is 0 Å². The highest BCUT2D eigenvalue weighted by Gasteiger charge is 2.32. The van der Waals surface area contributed by atoms with Gasteiger partial charge in [0.25, 0.3) is 0 Å². The lowest BCUT2D eigenvalue weighted by molar-refractivity contribution is 0.581. The summed E-state index contributed by atoms with van der Waals surface area (Å²) in [6, 6.07) is 65.2. The zero-order valence-corrected chi connectivity index (χ0v) is 44.1. The summed E-state index contributed by atoms with van der Waals surface area (Å²) in [4.78, 5) is 4.93. The van der Waals surface area contributed by atoms with E-state index in [-0.39, 0.29) is 0 Å². The van der Waals surface area contributed by atoms with Crippen LogP contribution in [0.25, 0.3) is 116 Å². The number of rotatable bonds is 8. The van der Waals surface area contributed by atoms with Gasteiger partial charge in [-0.15, -0.1) is 0 Å². The van der Waals surface area contributed by atoms with Crippen molar-refractivity contribution in [1.82, 2.24) is 8.80 Å². The van der Waals surface area contributed by atoms with E-state index >= 15 is 0 Å². The van der Waals surface area contributed by atoms with Gasteiger partial charge in [0, 0.05) is 81.4 Å². The highest BCUT2D eigenvalue weighted by atomic mass is 16.3. The van der Waals surface area contributed by atoms with E-state index in [4.69, 9.17) is 8.83 Å². The quantitative estimate of drug-likeness (QED) is 0.152. The third-order valence-corrected chi connectivity index (χ3v) is 17.6. The van der Waals surface area contributed by atoms with Gasteiger partial charge in [-0.05, 0) is 109 Å². The van der Waals surface area contributed by atoms with Gasteiger partial charge in [0.2, 0.25) is 0 Å². The molecule has 6 aromatic heterocycles. The largest absolute Gasteiger partial charge is 0.454 e. The molecule has 0 spiro atoms. The van der Waals surface area contributed by atoms with Crippen LogP contribution in [0.3, 0.4) is 0 Å². The van der Waals surface area contributed by atoms with E-state index in [1.54, 1.807) is 0 Å². The molecule has 9 aromatic carbocycles. The van der Waals surface area contributed by atoms with Crippen LogP contribution in [0, 0.1) is 0 Å². The van der Waals surface area contributed by atoms with Gasteiger partial charge >= 0.3 is 0 Å². The predicted octanol–water partition coefficient (Wildman–Crippen LogP) is 18.7. The smallest absolute Gasteiger partial charge is 0.159 e. The Kier molecular flexibility index (Phi) is 9.09.